The van der Waals surface area contributed by atoms with E-state index >= 15 is 0 Å². The molecule has 0 aliphatic rings. The summed E-state index contributed by atoms with van der Waals surface area (Å²) >= 11 is 3.12. The highest BCUT2D eigenvalue weighted by atomic mass is 79.9. The van der Waals surface area contributed by atoms with E-state index in [0.29, 0.717) is 18.0 Å². The summed E-state index contributed by atoms with van der Waals surface area (Å²) in [6.45, 7) is 0. The molecule has 2 atom stereocenters. The van der Waals surface area contributed by atoms with Gasteiger partial charge in [0.1, 0.15) is 11.9 Å². The molecule has 0 fully saturated rings. The van der Waals surface area contributed by atoms with Crippen LogP contribution in [0.15, 0.2) is 18.2 Å². The number of benzene rings is 1. The van der Waals surface area contributed by atoms with Crippen molar-refractivity contribution in [3.05, 3.63) is 35.1 Å². The summed E-state index contributed by atoms with van der Waals surface area (Å²) < 4.78 is 13.6. The highest BCUT2D eigenvalue weighted by molar-refractivity contribution is 9.09. The lowest BCUT2D eigenvalue weighted by Crippen LogP contribution is -2.20. The van der Waals surface area contributed by atoms with Crippen LogP contribution in [0.2, 0.25) is 0 Å². The van der Waals surface area contributed by atoms with Gasteiger partial charge in [0.2, 0.25) is 0 Å². The van der Waals surface area contributed by atoms with Gasteiger partial charge in [-0.3, -0.25) is 4.79 Å². The van der Waals surface area contributed by atoms with E-state index in [2.05, 4.69) is 15.9 Å². The minimum Gasteiger partial charge on any atom is -0.390 e. The molecular weight excluding hydrogens is 279 g/mol. The number of halogens is 2. The van der Waals surface area contributed by atoms with Crippen LogP contribution in [0.4, 0.5) is 4.39 Å². The Bertz CT molecular complexity index is 370. The molecule has 0 saturated heterocycles. The lowest BCUT2D eigenvalue weighted by atomic mass is 10.00. The first-order valence-electron chi connectivity index (χ1n) is 4.77. The minimum atomic E-state index is -1.32. The Balaban J connectivity index is 2.99. The Hall–Kier alpha value is -0.780. The van der Waals surface area contributed by atoms with Crippen LogP contribution in [0.25, 0.3) is 0 Å². The normalized spacial score (nSPS) is 14.5. The van der Waals surface area contributed by atoms with E-state index in [1.54, 1.807) is 0 Å². The second kappa shape index (κ2) is 6.08. The molecule has 0 amide bonds. The number of hydrogen-bond donors (Lipinski definition) is 2. The lowest BCUT2D eigenvalue weighted by Gasteiger charge is -2.18. The van der Waals surface area contributed by atoms with Crippen LogP contribution in [-0.4, -0.2) is 27.9 Å². The first kappa shape index (κ1) is 13.3. The van der Waals surface area contributed by atoms with Crippen molar-refractivity contribution in [1.29, 1.82) is 0 Å². The van der Waals surface area contributed by atoms with Gasteiger partial charge >= 0.3 is 0 Å². The van der Waals surface area contributed by atoms with Crippen LogP contribution in [0.5, 0.6) is 0 Å². The molecule has 0 aliphatic heterocycles. The van der Waals surface area contributed by atoms with Gasteiger partial charge in [0.15, 0.2) is 6.29 Å². The molecule has 88 valence electrons. The molecule has 3 nitrogen and oxygen atoms in total. The van der Waals surface area contributed by atoms with E-state index in [1.165, 1.54) is 18.2 Å². The highest BCUT2D eigenvalue weighted by Gasteiger charge is 2.22. The third-order valence-electron chi connectivity index (χ3n) is 2.27. The maximum absolute atomic E-state index is 13.6. The summed E-state index contributed by atoms with van der Waals surface area (Å²) in [6.07, 6.45) is -1.71. The average molecular weight is 291 g/mol. The molecule has 2 unspecified atom stereocenters. The fraction of sp³-hybridized carbons (Fsp3) is 0.364. The Morgan fingerprint density at radius 1 is 1.44 bits per heavy atom. The topological polar surface area (TPSA) is 57.5 Å². The average Bonchev–Trinajstić information content (AvgIpc) is 2.29. The molecule has 0 spiro atoms. The predicted octanol–water partition coefficient (Wildman–Crippen LogP) is 1.82. The summed E-state index contributed by atoms with van der Waals surface area (Å²) in [5.41, 5.74) is -0.180. The first-order chi connectivity index (χ1) is 7.61. The second-order valence-electron chi connectivity index (χ2n) is 3.36. The van der Waals surface area contributed by atoms with Crippen LogP contribution >= 0.6 is 15.9 Å². The Labute approximate surface area is 101 Å². The van der Waals surface area contributed by atoms with Crippen LogP contribution in [0, 0.1) is 5.82 Å². The molecule has 0 bridgehead atoms. The molecule has 0 heterocycles. The van der Waals surface area contributed by atoms with Crippen molar-refractivity contribution in [3.8, 4) is 0 Å². The number of aldehydes is 1. The first-order valence-corrected chi connectivity index (χ1v) is 5.89. The van der Waals surface area contributed by atoms with Gasteiger partial charge in [-0.2, -0.15) is 0 Å². The van der Waals surface area contributed by atoms with Crippen LogP contribution in [-0.2, 0) is 0 Å². The SMILES string of the molecule is O=Cc1cccc(C(O)C(O)CCBr)c1F. The van der Waals surface area contributed by atoms with Gasteiger partial charge in [0.05, 0.1) is 11.7 Å². The van der Waals surface area contributed by atoms with Crippen molar-refractivity contribution in [2.45, 2.75) is 18.6 Å². The van der Waals surface area contributed by atoms with E-state index in [1.807, 2.05) is 0 Å². The van der Waals surface area contributed by atoms with Gasteiger partial charge in [-0.05, 0) is 12.5 Å². The summed E-state index contributed by atoms with van der Waals surface area (Å²) in [5.74, 6) is -0.779. The smallest absolute Gasteiger partial charge is 0.153 e. The number of carbonyl (C=O) groups excluding carboxylic acids is 1. The molecule has 0 radical (unpaired) electrons. The summed E-state index contributed by atoms with van der Waals surface area (Å²) in [5, 5.41) is 19.7. The minimum absolute atomic E-state index is 0.0574. The molecule has 1 rings (SSSR count). The number of carbonyl (C=O) groups is 1. The van der Waals surface area contributed by atoms with Gasteiger partial charge in [-0.25, -0.2) is 4.39 Å². The summed E-state index contributed by atoms with van der Waals surface area (Å²) in [7, 11) is 0. The third kappa shape index (κ3) is 2.87. The molecule has 5 heteroatoms. The largest absolute Gasteiger partial charge is 0.390 e. The van der Waals surface area contributed by atoms with Gasteiger partial charge < -0.3 is 10.2 Å². The maximum atomic E-state index is 13.6. The maximum Gasteiger partial charge on any atom is 0.153 e. The van der Waals surface area contributed by atoms with Crippen LogP contribution in [0.3, 0.4) is 0 Å². The zero-order valence-electron chi connectivity index (χ0n) is 8.44. The number of aliphatic hydroxyl groups excluding tert-OH is 2. The molecule has 0 aromatic heterocycles. The fourth-order valence-corrected chi connectivity index (χ4v) is 1.83. The second-order valence-corrected chi connectivity index (χ2v) is 4.15. The van der Waals surface area contributed by atoms with E-state index in [4.69, 9.17) is 0 Å². The highest BCUT2D eigenvalue weighted by Crippen LogP contribution is 2.23. The van der Waals surface area contributed by atoms with Crippen LogP contribution in [0.1, 0.15) is 28.4 Å². The predicted molar refractivity (Wildman–Crippen MR) is 61.2 cm³/mol. The standard InChI is InChI=1S/C11H12BrFO3/c12-5-4-9(15)11(16)8-3-1-2-7(6-14)10(8)13/h1-3,6,9,11,15-16H,4-5H2. The van der Waals surface area contributed by atoms with Crippen LogP contribution < -0.4 is 0 Å². The quantitative estimate of drug-likeness (QED) is 0.642. The Kier molecular flexibility index (Phi) is 5.05. The Morgan fingerprint density at radius 3 is 2.69 bits per heavy atom. The monoisotopic (exact) mass is 290 g/mol. The van der Waals surface area contributed by atoms with E-state index in [-0.39, 0.29) is 11.1 Å². The summed E-state index contributed by atoms with van der Waals surface area (Å²) in [4.78, 5) is 10.5. The van der Waals surface area contributed by atoms with Crippen molar-refractivity contribution in [1.82, 2.24) is 0 Å². The third-order valence-corrected chi connectivity index (χ3v) is 2.73. The number of alkyl halides is 1. The van der Waals surface area contributed by atoms with E-state index < -0.39 is 18.0 Å². The Morgan fingerprint density at radius 2 is 2.12 bits per heavy atom. The number of hydrogen-bond acceptors (Lipinski definition) is 3. The zero-order valence-corrected chi connectivity index (χ0v) is 10.0. The molecule has 16 heavy (non-hydrogen) atoms. The van der Waals surface area contributed by atoms with E-state index in [9.17, 15) is 19.4 Å². The fourth-order valence-electron chi connectivity index (χ4n) is 1.36. The van der Waals surface area contributed by atoms with Crippen molar-refractivity contribution in [3.63, 3.8) is 0 Å². The molecule has 1 aromatic rings. The molecule has 2 N–H and O–H groups in total. The summed E-state index contributed by atoms with van der Waals surface area (Å²) in [6, 6.07) is 4.13. The van der Waals surface area contributed by atoms with Crippen molar-refractivity contribution in [2.75, 3.05) is 5.33 Å². The number of rotatable bonds is 5. The van der Waals surface area contributed by atoms with Crippen molar-refractivity contribution in [2.24, 2.45) is 0 Å². The van der Waals surface area contributed by atoms with E-state index in [0.717, 1.165) is 0 Å². The molecular formula is C11H12BrFO3. The van der Waals surface area contributed by atoms with Crippen molar-refractivity contribution >= 4 is 22.2 Å². The van der Waals surface area contributed by atoms with Crippen molar-refractivity contribution < 1.29 is 19.4 Å². The zero-order chi connectivity index (χ0) is 12.1. The number of aliphatic hydroxyl groups is 2. The molecule has 0 aliphatic carbocycles. The van der Waals surface area contributed by atoms with Gasteiger partial charge in [0, 0.05) is 10.9 Å². The molecule has 0 saturated carbocycles. The lowest BCUT2D eigenvalue weighted by molar-refractivity contribution is 0.0152. The van der Waals surface area contributed by atoms with Gasteiger partial charge in [-0.15, -0.1) is 0 Å². The van der Waals surface area contributed by atoms with Gasteiger partial charge in [-0.1, -0.05) is 28.1 Å². The molecule has 1 aromatic carbocycles. The van der Waals surface area contributed by atoms with Gasteiger partial charge in [0.25, 0.3) is 0 Å².